The molecule has 0 N–H and O–H groups in total. The molecule has 0 radical (unpaired) electrons. The number of halogens is 5. The second-order valence-corrected chi connectivity index (χ2v) is 4.54. The van der Waals surface area contributed by atoms with Crippen LogP contribution in [0.3, 0.4) is 0 Å². The largest absolute Gasteiger partial charge is 0.390 e. The Kier molecular flexibility index (Phi) is 3.27. The van der Waals surface area contributed by atoms with Gasteiger partial charge in [0.05, 0.1) is 17.0 Å². The Bertz CT molecular complexity index is 545. The van der Waals surface area contributed by atoms with Gasteiger partial charge in [0.2, 0.25) is 0 Å². The number of aromatic nitrogens is 1. The van der Waals surface area contributed by atoms with E-state index in [-0.39, 0.29) is 6.54 Å². The zero-order valence-corrected chi connectivity index (χ0v) is 10.1. The third-order valence-electron chi connectivity index (χ3n) is 2.44. The summed E-state index contributed by atoms with van der Waals surface area (Å²) in [6, 6.07) is 4.86. The molecule has 0 amide bonds. The fourth-order valence-corrected chi connectivity index (χ4v) is 2.21. The first-order valence-corrected chi connectivity index (χ1v) is 5.63. The molecule has 0 saturated heterocycles. The van der Waals surface area contributed by atoms with E-state index >= 15 is 0 Å². The van der Waals surface area contributed by atoms with Crippen LogP contribution in [0.25, 0.3) is 10.9 Å². The standard InChI is InChI=1S/C11H8Cl2F3N/c12-7-5-9(13)8-1-3-17(10(8)6-7)4-2-11(14,15)16/h1,3,5-6H,2,4H2. The molecule has 2 rings (SSSR count). The summed E-state index contributed by atoms with van der Waals surface area (Å²) >= 11 is 11.8. The molecule has 0 atom stereocenters. The lowest BCUT2D eigenvalue weighted by Crippen LogP contribution is -2.11. The molecule has 0 saturated carbocycles. The average Bonchev–Trinajstić information content (AvgIpc) is 2.57. The van der Waals surface area contributed by atoms with Gasteiger partial charge >= 0.3 is 6.18 Å². The Hall–Kier alpha value is -0.870. The predicted octanol–water partition coefficient (Wildman–Crippen LogP) is 4.90. The van der Waals surface area contributed by atoms with Crippen LogP contribution in [-0.4, -0.2) is 10.7 Å². The highest BCUT2D eigenvalue weighted by atomic mass is 35.5. The summed E-state index contributed by atoms with van der Waals surface area (Å²) in [7, 11) is 0. The molecular weight excluding hydrogens is 274 g/mol. The smallest absolute Gasteiger partial charge is 0.347 e. The lowest BCUT2D eigenvalue weighted by Gasteiger charge is -2.08. The summed E-state index contributed by atoms with van der Waals surface area (Å²) in [6.45, 7) is -0.135. The molecule has 0 bridgehead atoms. The van der Waals surface area contributed by atoms with E-state index in [1.807, 2.05) is 0 Å². The maximum absolute atomic E-state index is 12.1. The SMILES string of the molecule is FC(F)(F)CCn1ccc2c(Cl)cc(Cl)cc21. The number of aryl methyl sites for hydroxylation is 1. The molecule has 1 heterocycles. The quantitative estimate of drug-likeness (QED) is 0.738. The highest BCUT2D eigenvalue weighted by Gasteiger charge is 2.26. The molecule has 6 heteroatoms. The van der Waals surface area contributed by atoms with E-state index in [9.17, 15) is 13.2 Å². The van der Waals surface area contributed by atoms with Crippen molar-refractivity contribution in [3.63, 3.8) is 0 Å². The Balaban J connectivity index is 2.36. The van der Waals surface area contributed by atoms with Gasteiger partial charge in [0, 0.05) is 23.2 Å². The first kappa shape index (κ1) is 12.6. The average molecular weight is 282 g/mol. The maximum Gasteiger partial charge on any atom is 0.390 e. The van der Waals surface area contributed by atoms with Crippen molar-refractivity contribution in [3.05, 3.63) is 34.4 Å². The molecule has 0 fully saturated rings. The van der Waals surface area contributed by atoms with Gasteiger partial charge in [0.1, 0.15) is 0 Å². The monoisotopic (exact) mass is 281 g/mol. The van der Waals surface area contributed by atoms with Gasteiger partial charge in [-0.1, -0.05) is 23.2 Å². The van der Waals surface area contributed by atoms with Gasteiger partial charge in [0.15, 0.2) is 0 Å². The normalized spacial score (nSPS) is 12.3. The Morgan fingerprint density at radius 3 is 2.53 bits per heavy atom. The van der Waals surface area contributed by atoms with Crippen molar-refractivity contribution in [2.45, 2.75) is 19.1 Å². The van der Waals surface area contributed by atoms with Crippen LogP contribution in [-0.2, 0) is 6.54 Å². The van der Waals surface area contributed by atoms with E-state index in [0.717, 1.165) is 0 Å². The molecule has 1 nitrogen and oxygen atoms in total. The molecule has 92 valence electrons. The van der Waals surface area contributed by atoms with Gasteiger partial charge in [-0.2, -0.15) is 13.2 Å². The zero-order chi connectivity index (χ0) is 12.6. The summed E-state index contributed by atoms with van der Waals surface area (Å²) < 4.78 is 37.9. The minimum atomic E-state index is -4.17. The lowest BCUT2D eigenvalue weighted by molar-refractivity contribution is -0.136. The van der Waals surface area contributed by atoms with Gasteiger partial charge < -0.3 is 4.57 Å². The van der Waals surface area contributed by atoms with Crippen LogP contribution in [0.5, 0.6) is 0 Å². The van der Waals surface area contributed by atoms with Gasteiger partial charge in [-0.3, -0.25) is 0 Å². The van der Waals surface area contributed by atoms with Crippen LogP contribution in [0.15, 0.2) is 24.4 Å². The fourth-order valence-electron chi connectivity index (χ4n) is 1.66. The predicted molar refractivity (Wildman–Crippen MR) is 62.6 cm³/mol. The fraction of sp³-hybridized carbons (Fsp3) is 0.273. The lowest BCUT2D eigenvalue weighted by atomic mass is 10.2. The van der Waals surface area contributed by atoms with E-state index in [2.05, 4.69) is 0 Å². The third-order valence-corrected chi connectivity index (χ3v) is 2.97. The number of rotatable bonds is 2. The van der Waals surface area contributed by atoms with Crippen LogP contribution in [0.4, 0.5) is 13.2 Å². The molecule has 0 unspecified atom stereocenters. The molecule has 0 aliphatic carbocycles. The van der Waals surface area contributed by atoms with Crippen LogP contribution in [0.1, 0.15) is 6.42 Å². The third kappa shape index (κ3) is 2.87. The summed E-state index contributed by atoms with van der Waals surface area (Å²) in [5.41, 5.74) is 0.617. The Morgan fingerprint density at radius 1 is 1.18 bits per heavy atom. The molecule has 0 aliphatic rings. The van der Waals surface area contributed by atoms with Crippen LogP contribution < -0.4 is 0 Å². The van der Waals surface area contributed by atoms with E-state index in [1.165, 1.54) is 4.57 Å². The van der Waals surface area contributed by atoms with E-state index in [1.54, 1.807) is 24.4 Å². The minimum absolute atomic E-state index is 0.135. The molecule has 17 heavy (non-hydrogen) atoms. The topological polar surface area (TPSA) is 4.93 Å². The Labute approximate surface area is 106 Å². The molecule has 1 aromatic carbocycles. The van der Waals surface area contributed by atoms with Gasteiger partial charge in [0.25, 0.3) is 0 Å². The number of benzene rings is 1. The van der Waals surface area contributed by atoms with E-state index in [0.29, 0.717) is 20.9 Å². The van der Waals surface area contributed by atoms with Gasteiger partial charge in [-0.05, 0) is 18.2 Å². The first-order valence-electron chi connectivity index (χ1n) is 4.87. The number of hydrogen-bond acceptors (Lipinski definition) is 0. The van der Waals surface area contributed by atoms with Gasteiger partial charge in [-0.15, -0.1) is 0 Å². The number of fused-ring (bicyclic) bond motifs is 1. The van der Waals surface area contributed by atoms with Crippen LogP contribution in [0, 0.1) is 0 Å². The number of nitrogens with zero attached hydrogens (tertiary/aromatic N) is 1. The van der Waals surface area contributed by atoms with E-state index in [4.69, 9.17) is 23.2 Å². The maximum atomic E-state index is 12.1. The number of alkyl halides is 3. The molecule has 0 spiro atoms. The molecule has 0 aliphatic heterocycles. The van der Waals surface area contributed by atoms with Crippen molar-refractivity contribution in [2.24, 2.45) is 0 Å². The van der Waals surface area contributed by atoms with Gasteiger partial charge in [-0.25, -0.2) is 0 Å². The Morgan fingerprint density at radius 2 is 1.88 bits per heavy atom. The second kappa shape index (κ2) is 4.42. The summed E-state index contributed by atoms with van der Waals surface area (Å²) in [5, 5.41) is 1.56. The summed E-state index contributed by atoms with van der Waals surface area (Å²) in [4.78, 5) is 0. The van der Waals surface area contributed by atoms with Crippen molar-refractivity contribution < 1.29 is 13.2 Å². The molecule has 2 aromatic rings. The van der Waals surface area contributed by atoms with Crippen molar-refractivity contribution in [3.8, 4) is 0 Å². The summed E-state index contributed by atoms with van der Waals surface area (Å²) in [6.07, 6.45) is -3.46. The summed E-state index contributed by atoms with van der Waals surface area (Å²) in [5.74, 6) is 0. The molecular formula is C11H8Cl2F3N. The second-order valence-electron chi connectivity index (χ2n) is 3.69. The zero-order valence-electron chi connectivity index (χ0n) is 8.56. The highest BCUT2D eigenvalue weighted by Crippen LogP contribution is 2.29. The van der Waals surface area contributed by atoms with Crippen molar-refractivity contribution in [2.75, 3.05) is 0 Å². The molecule has 1 aromatic heterocycles. The van der Waals surface area contributed by atoms with Crippen LogP contribution in [0.2, 0.25) is 10.0 Å². The minimum Gasteiger partial charge on any atom is -0.347 e. The first-order chi connectivity index (χ1) is 7.87. The van der Waals surface area contributed by atoms with Crippen molar-refractivity contribution >= 4 is 34.1 Å². The number of hydrogen-bond donors (Lipinski definition) is 0. The van der Waals surface area contributed by atoms with E-state index < -0.39 is 12.6 Å². The van der Waals surface area contributed by atoms with Crippen LogP contribution >= 0.6 is 23.2 Å². The van der Waals surface area contributed by atoms with Crippen molar-refractivity contribution in [1.29, 1.82) is 0 Å². The van der Waals surface area contributed by atoms with Crippen molar-refractivity contribution in [1.82, 2.24) is 4.57 Å². The highest BCUT2D eigenvalue weighted by molar-refractivity contribution is 6.38.